The van der Waals surface area contributed by atoms with Crippen molar-refractivity contribution in [3.63, 3.8) is 0 Å². The summed E-state index contributed by atoms with van der Waals surface area (Å²) in [5.74, 6) is 0. The van der Waals surface area contributed by atoms with Crippen molar-refractivity contribution in [1.82, 2.24) is 0 Å². The van der Waals surface area contributed by atoms with Gasteiger partial charge < -0.3 is 4.90 Å². The van der Waals surface area contributed by atoms with Crippen molar-refractivity contribution in [2.45, 2.75) is 5.41 Å². The molecule has 0 saturated heterocycles. The van der Waals surface area contributed by atoms with E-state index in [1.54, 1.807) is 0 Å². The Hall–Kier alpha value is -8.26. The highest BCUT2D eigenvalue weighted by atomic mass is 15.1. The molecule has 0 amide bonds. The Morgan fingerprint density at radius 2 is 0.703 bits per heavy atom. The monoisotopic (exact) mass is 813 g/mol. The van der Waals surface area contributed by atoms with E-state index in [4.69, 9.17) is 0 Å². The van der Waals surface area contributed by atoms with Crippen molar-refractivity contribution in [1.29, 1.82) is 0 Å². The lowest BCUT2D eigenvalue weighted by molar-refractivity contribution is 0.768. The summed E-state index contributed by atoms with van der Waals surface area (Å²) in [7, 11) is 0. The third-order valence-corrected chi connectivity index (χ3v) is 13.3. The van der Waals surface area contributed by atoms with Gasteiger partial charge in [0.05, 0.1) is 16.8 Å². The highest BCUT2D eigenvalue weighted by Gasteiger charge is 2.47. The maximum atomic E-state index is 2.50. The summed E-state index contributed by atoms with van der Waals surface area (Å²) in [6.45, 7) is 0. The Kier molecular flexibility index (Phi) is 9.13. The summed E-state index contributed by atoms with van der Waals surface area (Å²) in [6, 6.07) is 95.9. The molecule has 0 aliphatic heterocycles. The van der Waals surface area contributed by atoms with Crippen molar-refractivity contribution < 1.29 is 0 Å². The molecule has 1 nitrogen and oxygen atoms in total. The molecule has 1 aliphatic rings. The molecule has 12 rings (SSSR count). The van der Waals surface area contributed by atoms with Gasteiger partial charge in [0.1, 0.15) is 0 Å². The minimum atomic E-state index is -0.520. The van der Waals surface area contributed by atoms with Crippen LogP contribution < -0.4 is 4.90 Å². The number of hydrogen-bond donors (Lipinski definition) is 0. The van der Waals surface area contributed by atoms with Crippen LogP contribution in [0, 0.1) is 0 Å². The third kappa shape index (κ3) is 6.16. The quantitative estimate of drug-likeness (QED) is 0.148. The van der Waals surface area contributed by atoms with Crippen molar-refractivity contribution in [2.75, 3.05) is 4.90 Å². The van der Waals surface area contributed by atoms with Gasteiger partial charge in [-0.3, -0.25) is 0 Å². The van der Waals surface area contributed by atoms with Crippen LogP contribution in [-0.4, -0.2) is 0 Å². The predicted molar refractivity (Wildman–Crippen MR) is 270 cm³/mol. The molecule has 64 heavy (non-hydrogen) atoms. The van der Waals surface area contributed by atoms with E-state index in [-0.39, 0.29) is 0 Å². The van der Waals surface area contributed by atoms with Gasteiger partial charge in [-0.2, -0.15) is 0 Å². The fourth-order valence-electron chi connectivity index (χ4n) is 10.4. The zero-order chi connectivity index (χ0) is 42.5. The second kappa shape index (κ2) is 15.6. The van der Waals surface area contributed by atoms with Crippen molar-refractivity contribution >= 4 is 38.6 Å². The van der Waals surface area contributed by atoms with E-state index in [1.165, 1.54) is 77.2 Å². The van der Waals surface area contributed by atoms with Gasteiger partial charge in [0, 0.05) is 16.8 Å². The lowest BCUT2D eigenvalue weighted by atomic mass is 9.68. The highest BCUT2D eigenvalue weighted by Crippen LogP contribution is 2.60. The van der Waals surface area contributed by atoms with Gasteiger partial charge in [-0.05, 0) is 114 Å². The second-order valence-electron chi connectivity index (χ2n) is 16.8. The minimum Gasteiger partial charge on any atom is -0.309 e. The second-order valence-corrected chi connectivity index (χ2v) is 16.8. The summed E-state index contributed by atoms with van der Waals surface area (Å²) in [6.07, 6.45) is 0. The number of anilines is 3. The lowest BCUT2D eigenvalue weighted by Gasteiger charge is -2.34. The van der Waals surface area contributed by atoms with Crippen LogP contribution >= 0.6 is 0 Å². The van der Waals surface area contributed by atoms with Crippen LogP contribution in [0.1, 0.15) is 22.3 Å². The molecule has 0 aromatic heterocycles. The highest BCUT2D eigenvalue weighted by molar-refractivity contribution is 6.00. The lowest BCUT2D eigenvalue weighted by Crippen LogP contribution is -2.28. The van der Waals surface area contributed by atoms with E-state index in [2.05, 4.69) is 266 Å². The van der Waals surface area contributed by atoms with Crippen LogP contribution in [0.5, 0.6) is 0 Å². The van der Waals surface area contributed by atoms with Gasteiger partial charge in [0.15, 0.2) is 0 Å². The molecule has 0 fully saturated rings. The molecule has 0 N–H and O–H groups in total. The van der Waals surface area contributed by atoms with E-state index in [9.17, 15) is 0 Å². The Labute approximate surface area is 374 Å². The Morgan fingerprint density at radius 1 is 0.266 bits per heavy atom. The molecule has 11 aromatic carbocycles. The van der Waals surface area contributed by atoms with Gasteiger partial charge in [-0.15, -0.1) is 0 Å². The summed E-state index contributed by atoms with van der Waals surface area (Å²) in [5, 5.41) is 4.99. The maximum Gasteiger partial charge on any atom is 0.0714 e. The number of fused-ring (bicyclic) bond motifs is 5. The van der Waals surface area contributed by atoms with Gasteiger partial charge in [-0.1, -0.05) is 224 Å². The number of para-hydroxylation sites is 1. The zero-order valence-corrected chi connectivity index (χ0v) is 35.3. The normalized spacial score (nSPS) is 12.5. The first-order valence-corrected chi connectivity index (χ1v) is 22.2. The number of hydrogen-bond acceptors (Lipinski definition) is 1. The van der Waals surface area contributed by atoms with Gasteiger partial charge in [-0.25, -0.2) is 0 Å². The number of benzene rings is 11. The van der Waals surface area contributed by atoms with E-state index < -0.39 is 5.41 Å². The summed E-state index contributed by atoms with van der Waals surface area (Å²) < 4.78 is 0. The van der Waals surface area contributed by atoms with E-state index in [1.807, 2.05) is 0 Å². The van der Waals surface area contributed by atoms with Gasteiger partial charge in [0.2, 0.25) is 0 Å². The first-order valence-electron chi connectivity index (χ1n) is 22.2. The SMILES string of the molecule is c1ccc(C2(c3ccccc3)c3ccccc3-c3c(N(c4ccc(-c5ccc6ccccc6c5)cc4)c4ccccc4-c4ccc(-c5ccc6ccccc6c5)cc4)cccc32)cc1. The number of nitrogens with zero attached hydrogens (tertiary/aromatic N) is 1. The Bertz CT molecular complexity index is 3440. The number of rotatable bonds is 8. The average Bonchev–Trinajstić information content (AvgIpc) is 3.69. The molecule has 0 spiro atoms. The summed E-state index contributed by atoms with van der Waals surface area (Å²) in [5.41, 5.74) is 17.5. The first kappa shape index (κ1) is 37.5. The van der Waals surface area contributed by atoms with Crippen LogP contribution in [0.3, 0.4) is 0 Å². The molecule has 0 unspecified atom stereocenters. The standard InChI is InChI=1S/C63H43N/c1-3-20-53(21-4-1)63(54-22-5-2-6-23-54)58-26-13-11-25-57(58)62-59(63)27-15-29-61(62)64(55-40-38-47(39-41-55)52-37-33-45-17-8-10-19-50(45)43-52)60-28-14-12-24-56(60)48-34-30-46(31-35-48)51-36-32-44-16-7-9-18-49(44)42-51/h1-43H. The molecule has 1 heteroatoms. The molecular weight excluding hydrogens is 771 g/mol. The summed E-state index contributed by atoms with van der Waals surface area (Å²) in [4.78, 5) is 2.50. The van der Waals surface area contributed by atoms with Crippen molar-refractivity contribution in [3.05, 3.63) is 283 Å². The molecule has 11 aromatic rings. The molecule has 0 bridgehead atoms. The summed E-state index contributed by atoms with van der Waals surface area (Å²) >= 11 is 0. The fraction of sp³-hybridized carbons (Fsp3) is 0.0159. The first-order chi connectivity index (χ1) is 31.7. The molecule has 0 saturated carbocycles. The molecule has 0 heterocycles. The topological polar surface area (TPSA) is 3.24 Å². The van der Waals surface area contributed by atoms with Crippen LogP contribution in [-0.2, 0) is 5.41 Å². The average molecular weight is 814 g/mol. The molecule has 0 atom stereocenters. The van der Waals surface area contributed by atoms with Crippen LogP contribution in [0.25, 0.3) is 66.1 Å². The van der Waals surface area contributed by atoms with Crippen molar-refractivity contribution in [3.8, 4) is 44.5 Å². The van der Waals surface area contributed by atoms with Crippen LogP contribution in [0.2, 0.25) is 0 Å². The smallest absolute Gasteiger partial charge is 0.0714 e. The van der Waals surface area contributed by atoms with Crippen LogP contribution in [0.15, 0.2) is 261 Å². The molecular formula is C63H43N. The largest absolute Gasteiger partial charge is 0.309 e. The maximum absolute atomic E-state index is 2.50. The molecule has 1 aliphatic carbocycles. The Balaban J connectivity index is 1.06. The fourth-order valence-corrected chi connectivity index (χ4v) is 10.4. The molecule has 300 valence electrons. The van der Waals surface area contributed by atoms with Gasteiger partial charge >= 0.3 is 0 Å². The van der Waals surface area contributed by atoms with Crippen LogP contribution in [0.4, 0.5) is 17.1 Å². The third-order valence-electron chi connectivity index (χ3n) is 13.3. The zero-order valence-electron chi connectivity index (χ0n) is 35.3. The van der Waals surface area contributed by atoms with E-state index in [0.29, 0.717) is 0 Å². The minimum absolute atomic E-state index is 0.520. The van der Waals surface area contributed by atoms with Gasteiger partial charge in [0.25, 0.3) is 0 Å². The Morgan fingerprint density at radius 3 is 1.31 bits per heavy atom. The van der Waals surface area contributed by atoms with E-state index >= 15 is 0 Å². The van der Waals surface area contributed by atoms with Crippen molar-refractivity contribution in [2.24, 2.45) is 0 Å². The van der Waals surface area contributed by atoms with E-state index in [0.717, 1.165) is 28.2 Å². The molecule has 0 radical (unpaired) electrons. The predicted octanol–water partition coefficient (Wildman–Crippen LogP) is 16.8.